The van der Waals surface area contributed by atoms with Crippen molar-refractivity contribution < 1.29 is 14.8 Å². The van der Waals surface area contributed by atoms with Crippen LogP contribution in [0.25, 0.3) is 0 Å². The molecule has 2 aromatic carbocycles. The molecule has 0 aliphatic rings. The number of aliphatic hydroxyl groups excluding tert-OH is 1. The monoisotopic (exact) mass is 327 g/mol. The number of halogens is 2. The minimum atomic E-state index is -0.518. The van der Waals surface area contributed by atoms with Gasteiger partial charge in [0.15, 0.2) is 0 Å². The molecule has 0 aliphatic heterocycles. The molecule has 2 aromatic rings. The molecule has 1 N–H and O–H groups in total. The number of rotatable bonds is 5. The molecule has 0 radical (unpaired) electrons. The highest BCUT2D eigenvalue weighted by Crippen LogP contribution is 2.30. The van der Waals surface area contributed by atoms with Gasteiger partial charge in [0.1, 0.15) is 12.4 Å². The largest absolute Gasteiger partial charge is 0.488 e. The predicted octanol–water partition coefficient (Wildman–Crippen LogP) is 3.97. The van der Waals surface area contributed by atoms with Crippen molar-refractivity contribution in [2.75, 3.05) is 0 Å². The van der Waals surface area contributed by atoms with Crippen LogP contribution in [-0.4, -0.2) is 10.0 Å². The summed E-state index contributed by atoms with van der Waals surface area (Å²) in [6, 6.07) is 9.33. The summed E-state index contributed by atoms with van der Waals surface area (Å²) in [4.78, 5) is 10.5. The number of hydrogen-bond acceptors (Lipinski definition) is 4. The van der Waals surface area contributed by atoms with Crippen molar-refractivity contribution in [2.24, 2.45) is 0 Å². The first kappa shape index (κ1) is 15.6. The Bertz CT molecular complexity index is 676. The molecule has 0 saturated carbocycles. The molecule has 0 saturated heterocycles. The zero-order valence-electron chi connectivity index (χ0n) is 10.8. The first-order chi connectivity index (χ1) is 10.0. The van der Waals surface area contributed by atoms with Crippen LogP contribution in [0.5, 0.6) is 5.75 Å². The molecule has 2 rings (SSSR count). The minimum Gasteiger partial charge on any atom is -0.488 e. The van der Waals surface area contributed by atoms with E-state index in [-0.39, 0.29) is 29.5 Å². The number of ether oxygens (including phenoxy) is 1. The van der Waals surface area contributed by atoms with Gasteiger partial charge in [-0.25, -0.2) is 0 Å². The molecule has 0 fully saturated rings. The van der Waals surface area contributed by atoms with E-state index in [0.29, 0.717) is 16.3 Å². The van der Waals surface area contributed by atoms with Gasteiger partial charge in [-0.3, -0.25) is 10.1 Å². The van der Waals surface area contributed by atoms with Crippen molar-refractivity contribution in [3.05, 3.63) is 67.7 Å². The number of nitrogens with zero attached hydrogens (tertiary/aromatic N) is 1. The van der Waals surface area contributed by atoms with E-state index in [9.17, 15) is 15.2 Å². The predicted molar refractivity (Wildman–Crippen MR) is 79.8 cm³/mol. The summed E-state index contributed by atoms with van der Waals surface area (Å²) >= 11 is 11.9. The number of aliphatic hydroxyl groups is 1. The Kier molecular flexibility index (Phi) is 5.01. The van der Waals surface area contributed by atoms with Gasteiger partial charge in [0.2, 0.25) is 0 Å². The van der Waals surface area contributed by atoms with Gasteiger partial charge < -0.3 is 9.84 Å². The summed E-state index contributed by atoms with van der Waals surface area (Å²) in [5, 5.41) is 20.9. The molecule has 0 aliphatic carbocycles. The van der Waals surface area contributed by atoms with E-state index < -0.39 is 4.92 Å². The second-order valence-corrected chi connectivity index (χ2v) is 4.97. The van der Waals surface area contributed by atoms with Gasteiger partial charge in [0, 0.05) is 16.7 Å². The van der Waals surface area contributed by atoms with E-state index in [1.54, 1.807) is 24.3 Å². The lowest BCUT2D eigenvalue weighted by atomic mass is 10.2. The molecule has 0 unspecified atom stereocenters. The third-order valence-electron chi connectivity index (χ3n) is 2.90. The standard InChI is InChI=1S/C14H11Cl2NO4/c15-11-4-2-6-14(9(11)7-18)21-8-10-12(16)3-1-5-13(10)17(19)20/h1-6,18H,7-8H2. The smallest absolute Gasteiger partial charge is 0.277 e. The maximum atomic E-state index is 11.0. The van der Waals surface area contributed by atoms with Gasteiger partial charge in [-0.1, -0.05) is 35.3 Å². The Morgan fingerprint density at radius 2 is 1.71 bits per heavy atom. The van der Waals surface area contributed by atoms with Crippen LogP contribution in [0.4, 0.5) is 5.69 Å². The third-order valence-corrected chi connectivity index (χ3v) is 3.61. The quantitative estimate of drug-likeness (QED) is 0.666. The van der Waals surface area contributed by atoms with Crippen LogP contribution in [0.2, 0.25) is 10.0 Å². The van der Waals surface area contributed by atoms with E-state index in [4.69, 9.17) is 27.9 Å². The Hall–Kier alpha value is -1.82. The molecule has 7 heteroatoms. The Labute approximate surface area is 130 Å². The van der Waals surface area contributed by atoms with Crippen LogP contribution < -0.4 is 4.74 Å². The first-order valence-corrected chi connectivity index (χ1v) is 6.73. The van der Waals surface area contributed by atoms with Crippen molar-refractivity contribution in [1.29, 1.82) is 0 Å². The first-order valence-electron chi connectivity index (χ1n) is 5.97. The van der Waals surface area contributed by atoms with Crippen molar-refractivity contribution >= 4 is 28.9 Å². The van der Waals surface area contributed by atoms with Gasteiger partial charge in [-0.2, -0.15) is 0 Å². The van der Waals surface area contributed by atoms with Gasteiger partial charge >= 0.3 is 0 Å². The number of nitro benzene ring substituents is 1. The fourth-order valence-electron chi connectivity index (χ4n) is 1.84. The van der Waals surface area contributed by atoms with E-state index in [2.05, 4.69) is 0 Å². The lowest BCUT2D eigenvalue weighted by Gasteiger charge is -2.12. The third kappa shape index (κ3) is 3.44. The lowest BCUT2D eigenvalue weighted by molar-refractivity contribution is -0.385. The summed E-state index contributed by atoms with van der Waals surface area (Å²) < 4.78 is 5.53. The highest BCUT2D eigenvalue weighted by atomic mass is 35.5. The number of benzene rings is 2. The van der Waals surface area contributed by atoms with Gasteiger partial charge in [0.05, 0.1) is 22.1 Å². The van der Waals surface area contributed by atoms with Crippen molar-refractivity contribution in [3.63, 3.8) is 0 Å². The fraction of sp³-hybridized carbons (Fsp3) is 0.143. The second kappa shape index (κ2) is 6.76. The molecular weight excluding hydrogens is 317 g/mol. The topological polar surface area (TPSA) is 72.6 Å². The van der Waals surface area contributed by atoms with E-state index in [1.165, 1.54) is 12.1 Å². The van der Waals surface area contributed by atoms with Crippen LogP contribution in [0.3, 0.4) is 0 Å². The van der Waals surface area contributed by atoms with Crippen LogP contribution >= 0.6 is 23.2 Å². The summed E-state index contributed by atoms with van der Waals surface area (Å²) in [6.07, 6.45) is 0. The van der Waals surface area contributed by atoms with Crippen LogP contribution in [0.1, 0.15) is 11.1 Å². The van der Waals surface area contributed by atoms with Crippen molar-refractivity contribution in [2.45, 2.75) is 13.2 Å². The molecular formula is C14H11Cl2NO4. The fourth-order valence-corrected chi connectivity index (χ4v) is 2.29. The normalized spacial score (nSPS) is 10.4. The van der Waals surface area contributed by atoms with E-state index >= 15 is 0 Å². The van der Waals surface area contributed by atoms with Gasteiger partial charge in [-0.15, -0.1) is 0 Å². The number of nitro groups is 1. The lowest BCUT2D eigenvalue weighted by Crippen LogP contribution is -2.03. The maximum absolute atomic E-state index is 11.0. The molecule has 0 spiro atoms. The van der Waals surface area contributed by atoms with Crippen LogP contribution in [0, 0.1) is 10.1 Å². The Morgan fingerprint density at radius 1 is 1.10 bits per heavy atom. The molecule has 0 bridgehead atoms. The maximum Gasteiger partial charge on any atom is 0.277 e. The van der Waals surface area contributed by atoms with Gasteiger partial charge in [-0.05, 0) is 18.2 Å². The second-order valence-electron chi connectivity index (χ2n) is 4.16. The van der Waals surface area contributed by atoms with Crippen LogP contribution in [-0.2, 0) is 13.2 Å². The van der Waals surface area contributed by atoms with E-state index in [1.807, 2.05) is 0 Å². The average molecular weight is 328 g/mol. The molecule has 21 heavy (non-hydrogen) atoms. The molecule has 5 nitrogen and oxygen atoms in total. The Balaban J connectivity index is 2.29. The SMILES string of the molecule is O=[N+]([O-])c1cccc(Cl)c1COc1cccc(Cl)c1CO. The summed E-state index contributed by atoms with van der Waals surface area (Å²) in [5.41, 5.74) is 0.581. The molecule has 0 amide bonds. The van der Waals surface area contributed by atoms with Crippen molar-refractivity contribution in [1.82, 2.24) is 0 Å². The summed E-state index contributed by atoms with van der Waals surface area (Å²) in [5.74, 6) is 0.360. The highest BCUT2D eigenvalue weighted by Gasteiger charge is 2.18. The zero-order valence-corrected chi connectivity index (χ0v) is 12.3. The number of hydrogen-bond donors (Lipinski definition) is 1. The highest BCUT2D eigenvalue weighted by molar-refractivity contribution is 6.32. The molecule has 0 atom stereocenters. The summed E-state index contributed by atoms with van der Waals surface area (Å²) in [7, 11) is 0. The zero-order chi connectivity index (χ0) is 15.4. The molecule has 0 aromatic heterocycles. The average Bonchev–Trinajstić information content (AvgIpc) is 2.45. The van der Waals surface area contributed by atoms with Crippen LogP contribution in [0.15, 0.2) is 36.4 Å². The molecule has 110 valence electrons. The Morgan fingerprint density at radius 3 is 2.33 bits per heavy atom. The minimum absolute atomic E-state index is 0.0939. The summed E-state index contributed by atoms with van der Waals surface area (Å²) in [6.45, 7) is -0.386. The van der Waals surface area contributed by atoms with Gasteiger partial charge in [0.25, 0.3) is 5.69 Å². The van der Waals surface area contributed by atoms with E-state index in [0.717, 1.165) is 0 Å². The van der Waals surface area contributed by atoms with Crippen molar-refractivity contribution in [3.8, 4) is 5.75 Å². The molecule has 0 heterocycles.